The van der Waals surface area contributed by atoms with E-state index in [0.29, 0.717) is 13.1 Å². The minimum atomic E-state index is -3.91. The second-order valence-corrected chi connectivity index (χ2v) is 10.9. The molecule has 2 aromatic carbocycles. The van der Waals surface area contributed by atoms with Gasteiger partial charge in [-0.15, -0.1) is 0 Å². The molecule has 1 aliphatic heterocycles. The Balaban J connectivity index is 1.60. The molecule has 0 spiro atoms. The first-order valence-electron chi connectivity index (χ1n) is 9.85. The zero-order chi connectivity index (χ0) is 24.2. The molecule has 0 radical (unpaired) electrons. The lowest BCUT2D eigenvalue weighted by atomic mass is 10.2. The van der Waals surface area contributed by atoms with E-state index in [2.05, 4.69) is 5.32 Å². The summed E-state index contributed by atoms with van der Waals surface area (Å²) >= 11 is 0. The molecular formula is C20H22FN3O7S2. The van der Waals surface area contributed by atoms with E-state index < -0.39 is 49.9 Å². The van der Waals surface area contributed by atoms with Crippen LogP contribution >= 0.6 is 0 Å². The van der Waals surface area contributed by atoms with Crippen LogP contribution < -0.4 is 10.0 Å². The Bertz CT molecular complexity index is 1260. The number of anilines is 1. The van der Waals surface area contributed by atoms with Gasteiger partial charge in [-0.05, 0) is 62.4 Å². The van der Waals surface area contributed by atoms with Crippen LogP contribution in [0.5, 0.6) is 0 Å². The maximum absolute atomic E-state index is 14.0. The predicted octanol–water partition coefficient (Wildman–Crippen LogP) is 1.31. The highest BCUT2D eigenvalue weighted by molar-refractivity contribution is 7.89. The number of amides is 1. The van der Waals surface area contributed by atoms with Crippen LogP contribution in [0.15, 0.2) is 52.3 Å². The van der Waals surface area contributed by atoms with Crippen molar-refractivity contribution in [3.05, 3.63) is 53.8 Å². The van der Waals surface area contributed by atoms with Gasteiger partial charge >= 0.3 is 5.97 Å². The summed E-state index contributed by atoms with van der Waals surface area (Å²) in [6, 6.07) is 8.11. The maximum atomic E-state index is 14.0. The summed E-state index contributed by atoms with van der Waals surface area (Å²) in [6.45, 7) is 0.169. The summed E-state index contributed by atoms with van der Waals surface area (Å²) in [5, 5.41) is 2.43. The van der Waals surface area contributed by atoms with Crippen molar-refractivity contribution in [2.75, 3.05) is 32.1 Å². The van der Waals surface area contributed by atoms with Crippen LogP contribution in [0.4, 0.5) is 10.1 Å². The largest absolute Gasteiger partial charge is 0.452 e. The van der Waals surface area contributed by atoms with Crippen LogP contribution in [-0.2, 0) is 29.6 Å². The first-order valence-corrected chi connectivity index (χ1v) is 12.8. The summed E-state index contributed by atoms with van der Waals surface area (Å²) in [6.07, 6.45) is 1.62. The quantitative estimate of drug-likeness (QED) is 0.522. The highest BCUT2D eigenvalue weighted by Gasteiger charge is 2.27. The van der Waals surface area contributed by atoms with Gasteiger partial charge in [0.2, 0.25) is 20.0 Å². The Morgan fingerprint density at radius 2 is 1.61 bits per heavy atom. The third kappa shape index (κ3) is 5.74. The molecule has 2 N–H and O–H groups in total. The molecule has 178 valence electrons. The van der Waals surface area contributed by atoms with E-state index in [1.165, 1.54) is 28.6 Å². The van der Waals surface area contributed by atoms with Gasteiger partial charge in [-0.2, -0.15) is 4.31 Å². The monoisotopic (exact) mass is 499 g/mol. The van der Waals surface area contributed by atoms with Gasteiger partial charge in [-0.25, -0.2) is 30.7 Å². The van der Waals surface area contributed by atoms with E-state index in [1.54, 1.807) is 0 Å². The fraction of sp³-hybridized carbons (Fsp3) is 0.300. The molecule has 0 unspecified atom stereocenters. The van der Waals surface area contributed by atoms with Gasteiger partial charge in [0.15, 0.2) is 6.61 Å². The molecule has 3 rings (SSSR count). The normalized spacial score (nSPS) is 14.7. The minimum absolute atomic E-state index is 0.0979. The van der Waals surface area contributed by atoms with Crippen LogP contribution in [0.3, 0.4) is 0 Å². The second-order valence-electron chi connectivity index (χ2n) is 7.11. The molecule has 1 amide bonds. The summed E-state index contributed by atoms with van der Waals surface area (Å²) in [5.74, 6) is -2.98. The standard InChI is InChI=1S/C20H22FN3O7S2/c1-22-32(27,28)16-8-9-18(21)17(12-16)20(26)31-13-19(25)23-14-4-6-15(7-5-14)33(29,30)24-10-2-3-11-24/h4-9,12,22H,2-3,10-11,13H2,1H3,(H,23,25). The first kappa shape index (κ1) is 24.8. The molecule has 1 heterocycles. The number of nitrogens with zero attached hydrogens (tertiary/aromatic N) is 1. The highest BCUT2D eigenvalue weighted by atomic mass is 32.2. The fourth-order valence-electron chi connectivity index (χ4n) is 3.14. The van der Waals surface area contributed by atoms with Gasteiger partial charge in [0.25, 0.3) is 5.91 Å². The van der Waals surface area contributed by atoms with E-state index in [-0.39, 0.29) is 15.5 Å². The molecule has 13 heteroatoms. The van der Waals surface area contributed by atoms with Crippen molar-refractivity contribution in [3.63, 3.8) is 0 Å². The number of carbonyl (C=O) groups excluding carboxylic acids is 2. The summed E-state index contributed by atoms with van der Waals surface area (Å²) in [7, 11) is -6.34. The number of esters is 1. The third-order valence-corrected chi connectivity index (χ3v) is 8.24. The van der Waals surface area contributed by atoms with Gasteiger partial charge in [-0.1, -0.05) is 0 Å². The molecule has 1 saturated heterocycles. The van der Waals surface area contributed by atoms with E-state index >= 15 is 0 Å². The molecule has 2 aromatic rings. The van der Waals surface area contributed by atoms with E-state index in [4.69, 9.17) is 4.74 Å². The number of sulfonamides is 2. The number of hydrogen-bond donors (Lipinski definition) is 2. The smallest absolute Gasteiger partial charge is 0.341 e. The Morgan fingerprint density at radius 1 is 1.00 bits per heavy atom. The topological polar surface area (TPSA) is 139 Å². The fourth-order valence-corrected chi connectivity index (χ4v) is 5.41. The van der Waals surface area contributed by atoms with Gasteiger partial charge in [0, 0.05) is 18.8 Å². The highest BCUT2D eigenvalue weighted by Crippen LogP contribution is 2.22. The molecule has 0 bridgehead atoms. The van der Waals surface area contributed by atoms with E-state index in [9.17, 15) is 30.8 Å². The van der Waals surface area contributed by atoms with E-state index in [1.807, 2.05) is 4.72 Å². The predicted molar refractivity (Wildman–Crippen MR) is 116 cm³/mol. The third-order valence-electron chi connectivity index (χ3n) is 4.91. The Kier molecular flexibility index (Phi) is 7.47. The van der Waals surface area contributed by atoms with Crippen LogP contribution in [0.25, 0.3) is 0 Å². The number of ether oxygens (including phenoxy) is 1. The van der Waals surface area contributed by atoms with Crippen molar-refractivity contribution in [1.82, 2.24) is 9.03 Å². The minimum Gasteiger partial charge on any atom is -0.452 e. The lowest BCUT2D eigenvalue weighted by Crippen LogP contribution is -2.27. The zero-order valence-electron chi connectivity index (χ0n) is 17.6. The molecule has 1 aliphatic rings. The number of halogens is 1. The summed E-state index contributed by atoms with van der Waals surface area (Å²) in [5.41, 5.74) is -0.375. The number of rotatable bonds is 8. The Morgan fingerprint density at radius 3 is 2.21 bits per heavy atom. The van der Waals surface area contributed by atoms with Crippen molar-refractivity contribution in [3.8, 4) is 0 Å². The van der Waals surface area contributed by atoms with Crippen molar-refractivity contribution < 1.29 is 35.6 Å². The van der Waals surface area contributed by atoms with E-state index in [0.717, 1.165) is 38.1 Å². The summed E-state index contributed by atoms with van der Waals surface area (Å²) in [4.78, 5) is 24.0. The average molecular weight is 500 g/mol. The Hall–Kier alpha value is -2.87. The van der Waals surface area contributed by atoms with Crippen molar-refractivity contribution in [2.45, 2.75) is 22.6 Å². The van der Waals surface area contributed by atoms with Crippen molar-refractivity contribution in [1.29, 1.82) is 0 Å². The number of hydrogen-bond acceptors (Lipinski definition) is 7. The zero-order valence-corrected chi connectivity index (χ0v) is 19.2. The average Bonchev–Trinajstić information content (AvgIpc) is 3.34. The first-order chi connectivity index (χ1) is 15.5. The van der Waals surface area contributed by atoms with Crippen LogP contribution in [0.2, 0.25) is 0 Å². The van der Waals surface area contributed by atoms with Gasteiger partial charge in [0.05, 0.1) is 15.4 Å². The number of nitrogens with one attached hydrogen (secondary N) is 2. The molecule has 0 atom stereocenters. The van der Waals surface area contributed by atoms with Crippen LogP contribution in [0, 0.1) is 5.82 Å². The molecule has 10 nitrogen and oxygen atoms in total. The number of benzene rings is 2. The lowest BCUT2D eigenvalue weighted by Gasteiger charge is -2.15. The molecule has 0 saturated carbocycles. The molecule has 0 aromatic heterocycles. The van der Waals surface area contributed by atoms with Crippen LogP contribution in [0.1, 0.15) is 23.2 Å². The number of carbonyl (C=O) groups is 2. The molecule has 33 heavy (non-hydrogen) atoms. The second kappa shape index (κ2) is 9.95. The van der Waals surface area contributed by atoms with Gasteiger partial charge in [0.1, 0.15) is 5.82 Å². The SMILES string of the molecule is CNS(=O)(=O)c1ccc(F)c(C(=O)OCC(=O)Nc2ccc(S(=O)(=O)N3CCCC3)cc2)c1. The summed E-state index contributed by atoms with van der Waals surface area (Å²) < 4.78 is 70.9. The van der Waals surface area contributed by atoms with Gasteiger partial charge < -0.3 is 10.1 Å². The van der Waals surface area contributed by atoms with Crippen molar-refractivity contribution >= 4 is 37.6 Å². The van der Waals surface area contributed by atoms with Crippen LogP contribution in [-0.4, -0.2) is 59.8 Å². The maximum Gasteiger partial charge on any atom is 0.341 e. The van der Waals surface area contributed by atoms with Gasteiger partial charge in [-0.3, -0.25) is 4.79 Å². The van der Waals surface area contributed by atoms with Crippen molar-refractivity contribution in [2.24, 2.45) is 0 Å². The molecule has 1 fully saturated rings. The molecule has 0 aliphatic carbocycles. The Labute approximate surface area is 190 Å². The molecular weight excluding hydrogens is 477 g/mol. The lowest BCUT2D eigenvalue weighted by molar-refractivity contribution is -0.119.